The Hall–Kier alpha value is -1.19. The molecule has 0 amide bonds. The molecule has 0 spiro atoms. The van der Waals surface area contributed by atoms with Crippen LogP contribution < -0.4 is 11.3 Å². The second kappa shape index (κ2) is 6.83. The second-order valence-electron chi connectivity index (χ2n) is 3.81. The fraction of sp³-hybridized carbons (Fsp3) is 0.600. The van der Waals surface area contributed by atoms with Gasteiger partial charge in [-0.15, -0.1) is 12.4 Å². The lowest BCUT2D eigenvalue weighted by molar-refractivity contribution is -0.0232. The fourth-order valence-electron chi connectivity index (χ4n) is 1.78. The third-order valence-electron chi connectivity index (χ3n) is 2.70. The number of nitrogen functional groups attached to an aromatic ring is 1. The van der Waals surface area contributed by atoms with Gasteiger partial charge in [-0.1, -0.05) is 7.43 Å². The first-order valence-corrected chi connectivity index (χ1v) is 5.01. The number of hydrogen-bond acceptors (Lipinski definition) is 7. The Kier molecular flexibility index (Phi) is 6.40. The average molecular weight is 296 g/mol. The first-order valence-electron chi connectivity index (χ1n) is 5.01. The zero-order valence-electron chi connectivity index (χ0n) is 9.18. The summed E-state index contributed by atoms with van der Waals surface area (Å²) >= 11 is 0. The van der Waals surface area contributed by atoms with Crippen LogP contribution in [0.5, 0.6) is 0 Å². The Labute approximate surface area is 115 Å². The largest absolute Gasteiger partial charge is 0.394 e. The highest BCUT2D eigenvalue weighted by atomic mass is 35.5. The van der Waals surface area contributed by atoms with E-state index in [0.717, 1.165) is 0 Å². The van der Waals surface area contributed by atoms with Gasteiger partial charge in [0, 0.05) is 6.20 Å². The second-order valence-corrected chi connectivity index (χ2v) is 3.81. The molecule has 19 heavy (non-hydrogen) atoms. The molecule has 6 N–H and O–H groups in total. The smallest absolute Gasteiger partial charge is 0.258 e. The van der Waals surface area contributed by atoms with Crippen LogP contribution in [0.25, 0.3) is 0 Å². The summed E-state index contributed by atoms with van der Waals surface area (Å²) in [5.74, 6) is -0.0505. The molecule has 0 aromatic carbocycles. The van der Waals surface area contributed by atoms with Crippen LogP contribution in [0.3, 0.4) is 0 Å². The van der Waals surface area contributed by atoms with E-state index in [9.17, 15) is 15.0 Å². The summed E-state index contributed by atoms with van der Waals surface area (Å²) in [7, 11) is 0. The van der Waals surface area contributed by atoms with Gasteiger partial charge in [0.1, 0.15) is 24.4 Å². The highest BCUT2D eigenvalue weighted by Gasteiger charge is 2.44. The molecular weight excluding hydrogens is 278 g/mol. The van der Waals surface area contributed by atoms with Gasteiger partial charge < -0.3 is 25.8 Å². The number of aliphatic hydroxyl groups excluding tert-OH is 3. The number of anilines is 1. The van der Waals surface area contributed by atoms with Crippen molar-refractivity contribution < 1.29 is 20.1 Å². The number of nitrogens with two attached hydrogens (primary N) is 1. The molecule has 0 aliphatic carbocycles. The summed E-state index contributed by atoms with van der Waals surface area (Å²) in [4.78, 5) is 17.5. The van der Waals surface area contributed by atoms with Gasteiger partial charge in [-0.25, -0.2) is 4.98 Å². The van der Waals surface area contributed by atoms with Gasteiger partial charge in [-0.3, -0.25) is 9.78 Å². The van der Waals surface area contributed by atoms with Crippen molar-refractivity contribution in [3.05, 3.63) is 22.1 Å². The molecule has 0 saturated carbocycles. The maximum absolute atomic E-state index is 11.6. The van der Waals surface area contributed by atoms with Gasteiger partial charge in [-0.05, 0) is 0 Å². The molecule has 1 aliphatic heterocycles. The SMILES string of the molecule is C.Cl.Nc1ncc([C@@H]2O[C@H](CO)[C@@H](O)[C@H]2O)c(=O)[nH]1. The molecular formula is C10H18ClN3O5. The van der Waals surface area contributed by atoms with Crippen molar-refractivity contribution in [2.75, 3.05) is 12.3 Å². The minimum atomic E-state index is -1.29. The van der Waals surface area contributed by atoms with Crippen molar-refractivity contribution in [3.63, 3.8) is 0 Å². The summed E-state index contributed by atoms with van der Waals surface area (Å²) in [6, 6.07) is 0. The number of hydrogen-bond donors (Lipinski definition) is 5. The Morgan fingerprint density at radius 1 is 1.42 bits per heavy atom. The number of aromatic nitrogens is 2. The number of ether oxygens (including phenoxy) is 1. The summed E-state index contributed by atoms with van der Waals surface area (Å²) in [5, 5.41) is 28.2. The number of halogens is 1. The monoisotopic (exact) mass is 295 g/mol. The fourth-order valence-corrected chi connectivity index (χ4v) is 1.78. The number of rotatable bonds is 2. The van der Waals surface area contributed by atoms with Gasteiger partial charge >= 0.3 is 0 Å². The number of aliphatic hydroxyl groups is 3. The van der Waals surface area contributed by atoms with Gasteiger partial charge in [0.15, 0.2) is 5.95 Å². The lowest BCUT2D eigenvalue weighted by atomic mass is 10.0. The van der Waals surface area contributed by atoms with Crippen molar-refractivity contribution in [2.45, 2.75) is 31.8 Å². The summed E-state index contributed by atoms with van der Waals surface area (Å²) in [6.45, 7) is -0.449. The van der Waals surface area contributed by atoms with E-state index in [0.29, 0.717) is 0 Å². The van der Waals surface area contributed by atoms with Gasteiger partial charge in [0.25, 0.3) is 5.56 Å². The molecule has 0 radical (unpaired) electrons. The maximum atomic E-state index is 11.6. The van der Waals surface area contributed by atoms with Gasteiger partial charge in [0.2, 0.25) is 0 Å². The van der Waals surface area contributed by atoms with Crippen molar-refractivity contribution in [2.24, 2.45) is 0 Å². The number of H-pyrrole nitrogens is 1. The van der Waals surface area contributed by atoms with Crippen LogP contribution in [0.4, 0.5) is 5.95 Å². The van der Waals surface area contributed by atoms with E-state index in [4.69, 9.17) is 15.6 Å². The van der Waals surface area contributed by atoms with E-state index in [1.165, 1.54) is 6.20 Å². The molecule has 1 saturated heterocycles. The molecule has 8 nitrogen and oxygen atoms in total. The van der Waals surface area contributed by atoms with Crippen molar-refractivity contribution in [3.8, 4) is 0 Å². The van der Waals surface area contributed by atoms with E-state index in [1.54, 1.807) is 0 Å². The highest BCUT2D eigenvalue weighted by Crippen LogP contribution is 2.31. The standard InChI is InChI=1S/C9H13N3O5.CH4.ClH/c10-9-11-1-3(8(16)12-9)7-6(15)5(14)4(2-13)17-7;;/h1,4-7,13-15H,2H2,(H3,10,11,12,16);1H4;1H/t4-,5-,6-,7+;;/m1../s1. The van der Waals surface area contributed by atoms with Crippen LogP contribution >= 0.6 is 12.4 Å². The van der Waals surface area contributed by atoms with E-state index in [1.807, 2.05) is 0 Å². The van der Waals surface area contributed by atoms with Crippen LogP contribution in [0.1, 0.15) is 19.1 Å². The molecule has 0 bridgehead atoms. The van der Waals surface area contributed by atoms with Crippen LogP contribution in [0.15, 0.2) is 11.0 Å². The lowest BCUT2D eigenvalue weighted by Crippen LogP contribution is -2.33. The zero-order chi connectivity index (χ0) is 12.6. The minimum Gasteiger partial charge on any atom is -0.394 e. The number of nitrogens with one attached hydrogen (secondary N) is 1. The molecule has 0 unspecified atom stereocenters. The molecule has 1 aliphatic rings. The van der Waals surface area contributed by atoms with Crippen LogP contribution in [0, 0.1) is 0 Å². The number of aromatic amines is 1. The predicted molar refractivity (Wildman–Crippen MR) is 70.0 cm³/mol. The molecule has 9 heteroatoms. The average Bonchev–Trinajstić information content (AvgIpc) is 2.57. The Balaban J connectivity index is 0.00000162. The van der Waals surface area contributed by atoms with Crippen molar-refractivity contribution in [1.82, 2.24) is 9.97 Å². The molecule has 1 aromatic heterocycles. The van der Waals surface area contributed by atoms with Crippen molar-refractivity contribution in [1.29, 1.82) is 0 Å². The Morgan fingerprint density at radius 2 is 2.05 bits per heavy atom. The summed E-state index contributed by atoms with van der Waals surface area (Å²) in [6.07, 6.45) is -3.32. The quantitative estimate of drug-likeness (QED) is 0.450. The predicted octanol–water partition coefficient (Wildman–Crippen LogP) is -1.44. The van der Waals surface area contributed by atoms with E-state index < -0.39 is 36.6 Å². The molecule has 110 valence electrons. The molecule has 4 atom stereocenters. The normalized spacial score (nSPS) is 29.4. The molecule has 2 rings (SSSR count). The summed E-state index contributed by atoms with van der Waals surface area (Å²) in [5.41, 5.74) is 4.79. The summed E-state index contributed by atoms with van der Waals surface area (Å²) < 4.78 is 5.19. The van der Waals surface area contributed by atoms with Gasteiger partial charge in [-0.2, -0.15) is 0 Å². The van der Waals surface area contributed by atoms with E-state index >= 15 is 0 Å². The van der Waals surface area contributed by atoms with Crippen LogP contribution in [-0.2, 0) is 4.74 Å². The first-order chi connectivity index (χ1) is 8.04. The third kappa shape index (κ3) is 3.23. The molecule has 1 fully saturated rings. The van der Waals surface area contributed by atoms with E-state index in [-0.39, 0.29) is 31.3 Å². The highest BCUT2D eigenvalue weighted by molar-refractivity contribution is 5.85. The first kappa shape index (κ1) is 17.8. The maximum Gasteiger partial charge on any atom is 0.258 e. The number of nitrogens with zero attached hydrogens (tertiary/aromatic N) is 1. The van der Waals surface area contributed by atoms with Crippen molar-refractivity contribution >= 4 is 18.4 Å². The van der Waals surface area contributed by atoms with Crippen LogP contribution in [-0.4, -0.2) is 50.2 Å². The molecule has 1 aromatic rings. The van der Waals surface area contributed by atoms with Crippen LogP contribution in [0.2, 0.25) is 0 Å². The Morgan fingerprint density at radius 3 is 2.53 bits per heavy atom. The minimum absolute atomic E-state index is 0. The molecule has 2 heterocycles. The zero-order valence-corrected chi connectivity index (χ0v) is 10.0. The van der Waals surface area contributed by atoms with Gasteiger partial charge in [0.05, 0.1) is 12.2 Å². The topological polar surface area (TPSA) is 142 Å². The lowest BCUT2D eigenvalue weighted by Gasteiger charge is -2.13. The Bertz CT molecular complexity index is 469. The van der Waals surface area contributed by atoms with E-state index in [2.05, 4.69) is 9.97 Å². The third-order valence-corrected chi connectivity index (χ3v) is 2.70.